The third-order valence-electron chi connectivity index (χ3n) is 4.31. The minimum Gasteiger partial charge on any atom is -0.336 e. The number of nitrogens with zero attached hydrogens (tertiary/aromatic N) is 1. The van der Waals surface area contributed by atoms with Crippen molar-refractivity contribution in [3.05, 3.63) is 55.7 Å². The Labute approximate surface area is 156 Å². The van der Waals surface area contributed by atoms with Gasteiger partial charge in [0.1, 0.15) is 0 Å². The van der Waals surface area contributed by atoms with Crippen molar-refractivity contribution >= 4 is 40.4 Å². The summed E-state index contributed by atoms with van der Waals surface area (Å²) in [6.45, 7) is 5.36. The van der Waals surface area contributed by atoms with Gasteiger partial charge < -0.3 is 10.2 Å². The summed E-state index contributed by atoms with van der Waals surface area (Å²) >= 11 is 14.3. The van der Waals surface area contributed by atoms with Crippen molar-refractivity contribution < 1.29 is 10.1 Å². The maximum atomic E-state index is 12.8. The number of quaternary nitrogens is 1. The molecule has 0 fully saturated rings. The Morgan fingerprint density at radius 2 is 2.12 bits per heavy atom. The molecular weight excluding hydrogens is 363 g/mol. The highest BCUT2D eigenvalue weighted by Crippen LogP contribution is 2.40. The predicted molar refractivity (Wildman–Crippen MR) is 100.0 cm³/mol. The van der Waals surface area contributed by atoms with Gasteiger partial charge in [-0.2, -0.15) is 0 Å². The lowest BCUT2D eigenvalue weighted by Gasteiger charge is -2.36. The lowest BCUT2D eigenvalue weighted by Crippen LogP contribution is -2.90. The Morgan fingerprint density at radius 1 is 1.33 bits per heavy atom. The number of benzene rings is 1. The summed E-state index contributed by atoms with van der Waals surface area (Å²) in [4.78, 5) is 16.1. The molecule has 0 saturated carbocycles. The van der Waals surface area contributed by atoms with Crippen molar-refractivity contribution in [3.63, 3.8) is 0 Å². The SMILES string of the molecule is CC(C)[NH2+]CC(=O)N1CCc2sccc2[C@@H]1c1ccc(Cl)cc1Cl. The topological polar surface area (TPSA) is 36.9 Å². The fourth-order valence-corrected chi connectivity index (χ4v) is 4.51. The molecule has 128 valence electrons. The lowest BCUT2D eigenvalue weighted by atomic mass is 9.93. The normalized spacial score (nSPS) is 17.2. The molecule has 2 heterocycles. The number of carbonyl (C=O) groups excluding carboxylic acids is 1. The van der Waals surface area contributed by atoms with Gasteiger partial charge in [-0.1, -0.05) is 29.3 Å². The van der Waals surface area contributed by atoms with E-state index in [0.29, 0.717) is 22.6 Å². The average molecular weight is 384 g/mol. The number of nitrogens with two attached hydrogens (primary N) is 1. The van der Waals surface area contributed by atoms with E-state index >= 15 is 0 Å². The van der Waals surface area contributed by atoms with Gasteiger partial charge in [-0.05, 0) is 55.0 Å². The molecule has 6 heteroatoms. The van der Waals surface area contributed by atoms with Crippen LogP contribution in [-0.2, 0) is 11.2 Å². The van der Waals surface area contributed by atoms with Gasteiger partial charge in [-0.3, -0.25) is 4.79 Å². The van der Waals surface area contributed by atoms with Crippen LogP contribution in [-0.4, -0.2) is 29.9 Å². The number of hydrogen-bond acceptors (Lipinski definition) is 2. The van der Waals surface area contributed by atoms with Crippen molar-refractivity contribution in [2.45, 2.75) is 32.4 Å². The van der Waals surface area contributed by atoms with E-state index in [1.807, 2.05) is 17.0 Å². The number of hydrogen-bond donors (Lipinski definition) is 1. The summed E-state index contributed by atoms with van der Waals surface area (Å²) in [5.41, 5.74) is 2.13. The van der Waals surface area contributed by atoms with Crippen LogP contribution in [0.25, 0.3) is 0 Å². The van der Waals surface area contributed by atoms with E-state index in [4.69, 9.17) is 23.2 Å². The van der Waals surface area contributed by atoms with Crippen molar-refractivity contribution in [2.24, 2.45) is 0 Å². The highest BCUT2D eigenvalue weighted by molar-refractivity contribution is 7.10. The quantitative estimate of drug-likeness (QED) is 0.861. The molecule has 1 aliphatic heterocycles. The molecule has 0 aliphatic carbocycles. The maximum Gasteiger partial charge on any atom is 0.278 e. The Bertz CT molecular complexity index is 744. The van der Waals surface area contributed by atoms with Crippen LogP contribution < -0.4 is 5.32 Å². The molecule has 24 heavy (non-hydrogen) atoms. The Morgan fingerprint density at radius 3 is 2.83 bits per heavy atom. The van der Waals surface area contributed by atoms with E-state index in [1.54, 1.807) is 17.4 Å². The molecule has 1 aromatic heterocycles. The fraction of sp³-hybridized carbons (Fsp3) is 0.389. The Hall–Kier alpha value is -1.07. The minimum atomic E-state index is -0.127. The van der Waals surface area contributed by atoms with Gasteiger partial charge in [0, 0.05) is 21.5 Å². The molecule has 0 bridgehead atoms. The maximum absolute atomic E-state index is 12.8. The van der Waals surface area contributed by atoms with Gasteiger partial charge in [0.05, 0.1) is 12.1 Å². The molecule has 0 saturated heterocycles. The van der Waals surface area contributed by atoms with Crippen molar-refractivity contribution in [2.75, 3.05) is 13.1 Å². The number of halogens is 2. The monoisotopic (exact) mass is 383 g/mol. The van der Waals surface area contributed by atoms with Crippen LogP contribution in [0.2, 0.25) is 10.0 Å². The zero-order valence-corrected chi connectivity index (χ0v) is 16.1. The Kier molecular flexibility index (Phi) is 5.50. The van der Waals surface area contributed by atoms with E-state index in [0.717, 1.165) is 18.5 Å². The van der Waals surface area contributed by atoms with Gasteiger partial charge in [-0.25, -0.2) is 0 Å². The van der Waals surface area contributed by atoms with Crippen molar-refractivity contribution in [3.8, 4) is 0 Å². The molecule has 0 radical (unpaired) electrons. The lowest BCUT2D eigenvalue weighted by molar-refractivity contribution is -0.673. The third-order valence-corrected chi connectivity index (χ3v) is 5.87. The second-order valence-corrected chi connectivity index (χ2v) is 8.23. The summed E-state index contributed by atoms with van der Waals surface area (Å²) in [7, 11) is 0. The molecule has 2 N–H and O–H groups in total. The highest BCUT2D eigenvalue weighted by Gasteiger charge is 2.34. The number of rotatable bonds is 4. The van der Waals surface area contributed by atoms with Crippen molar-refractivity contribution in [1.29, 1.82) is 0 Å². The summed E-state index contributed by atoms with van der Waals surface area (Å²) < 4.78 is 0. The van der Waals surface area contributed by atoms with E-state index in [1.165, 1.54) is 10.4 Å². The first kappa shape index (κ1) is 17.7. The van der Waals surface area contributed by atoms with E-state index in [2.05, 4.69) is 30.6 Å². The van der Waals surface area contributed by atoms with Crippen LogP contribution in [0.5, 0.6) is 0 Å². The largest absolute Gasteiger partial charge is 0.336 e. The van der Waals surface area contributed by atoms with Crippen LogP contribution in [0.4, 0.5) is 0 Å². The molecule has 1 aliphatic rings. The standard InChI is InChI=1S/C18H20Cl2N2OS/c1-11(2)21-10-17(23)22-7-5-16-14(6-8-24-16)18(22)13-4-3-12(19)9-15(13)20/h3-4,6,8-9,11,18,21H,5,7,10H2,1-2H3/p+1/t18-/m0/s1. The Balaban J connectivity index is 1.98. The first-order chi connectivity index (χ1) is 11.5. The number of fused-ring (bicyclic) bond motifs is 1. The van der Waals surface area contributed by atoms with Gasteiger partial charge in [-0.15, -0.1) is 11.3 Å². The summed E-state index contributed by atoms with van der Waals surface area (Å²) in [6.07, 6.45) is 0.905. The molecule has 3 nitrogen and oxygen atoms in total. The molecule has 1 aromatic carbocycles. The average Bonchev–Trinajstić information content (AvgIpc) is 3.00. The minimum absolute atomic E-state index is 0.127. The molecule has 2 aromatic rings. The summed E-state index contributed by atoms with van der Waals surface area (Å²) in [6, 6.07) is 7.91. The van der Waals surface area contributed by atoms with Crippen LogP contribution in [0.1, 0.15) is 35.9 Å². The first-order valence-electron chi connectivity index (χ1n) is 8.11. The highest BCUT2D eigenvalue weighted by atomic mass is 35.5. The zero-order valence-electron chi connectivity index (χ0n) is 13.8. The molecule has 1 amide bonds. The molecule has 0 spiro atoms. The molecular formula is C18H21Cl2N2OS+. The molecule has 3 rings (SSSR count). The second kappa shape index (κ2) is 7.44. The second-order valence-electron chi connectivity index (χ2n) is 6.39. The number of thiophene rings is 1. The molecule has 1 atom stereocenters. The van der Waals surface area contributed by atoms with Gasteiger partial charge >= 0.3 is 0 Å². The van der Waals surface area contributed by atoms with Gasteiger partial charge in [0.25, 0.3) is 5.91 Å². The number of amides is 1. The third kappa shape index (κ3) is 3.62. The summed E-state index contributed by atoms with van der Waals surface area (Å²) in [5.74, 6) is 0.150. The van der Waals surface area contributed by atoms with Crippen LogP contribution in [0.15, 0.2) is 29.6 Å². The smallest absolute Gasteiger partial charge is 0.278 e. The first-order valence-corrected chi connectivity index (χ1v) is 9.75. The van der Waals surface area contributed by atoms with Gasteiger partial charge in [0.2, 0.25) is 0 Å². The van der Waals surface area contributed by atoms with Crippen LogP contribution >= 0.6 is 34.5 Å². The zero-order chi connectivity index (χ0) is 17.3. The van der Waals surface area contributed by atoms with E-state index < -0.39 is 0 Å². The predicted octanol–water partition coefficient (Wildman–Crippen LogP) is 3.50. The van der Waals surface area contributed by atoms with Crippen molar-refractivity contribution in [1.82, 2.24) is 4.90 Å². The van der Waals surface area contributed by atoms with Crippen LogP contribution in [0, 0.1) is 0 Å². The van der Waals surface area contributed by atoms with Crippen LogP contribution in [0.3, 0.4) is 0 Å². The summed E-state index contributed by atoms with van der Waals surface area (Å²) in [5, 5.41) is 5.37. The van der Waals surface area contributed by atoms with E-state index in [-0.39, 0.29) is 11.9 Å². The van der Waals surface area contributed by atoms with Gasteiger partial charge in [0.15, 0.2) is 6.54 Å². The number of carbonyl (C=O) groups is 1. The molecule has 0 unspecified atom stereocenters. The van der Waals surface area contributed by atoms with E-state index in [9.17, 15) is 4.79 Å². The fourth-order valence-electron chi connectivity index (χ4n) is 3.10.